The number of hydrogen-bond donors (Lipinski definition) is 0. The van der Waals surface area contributed by atoms with E-state index < -0.39 is 0 Å². The van der Waals surface area contributed by atoms with Crippen molar-refractivity contribution < 1.29 is 14.3 Å². The van der Waals surface area contributed by atoms with Gasteiger partial charge >= 0.3 is 0 Å². The molecule has 336 valence electrons. The largest absolute Gasteiger partial charge is 0.493 e. The molecule has 0 spiro atoms. The van der Waals surface area contributed by atoms with Gasteiger partial charge in [-0.25, -0.2) is 0 Å². The highest BCUT2D eigenvalue weighted by molar-refractivity contribution is 7.99. The number of unbranched alkanes of at least 4 members (excludes halogenated alkanes) is 31. The quantitative estimate of drug-likeness (QED) is 0.0289. The van der Waals surface area contributed by atoms with Gasteiger partial charge in [-0.15, -0.1) is 11.8 Å². The molecule has 2 rings (SSSR count). The second kappa shape index (κ2) is 39.9. The van der Waals surface area contributed by atoms with E-state index in [-0.39, 0.29) is 5.78 Å². The Kier molecular flexibility index (Phi) is 35.8. The third-order valence-corrected chi connectivity index (χ3v) is 12.9. The molecule has 0 heterocycles. The van der Waals surface area contributed by atoms with Crippen molar-refractivity contribution in [3.8, 4) is 11.5 Å². The number of ketones is 1. The first-order chi connectivity index (χ1) is 29.2. The van der Waals surface area contributed by atoms with Crippen LogP contribution in [-0.4, -0.2) is 24.7 Å². The second-order valence-corrected chi connectivity index (χ2v) is 18.6. The number of allylic oxidation sites excluding steroid dienone is 1. The number of ether oxygens (including phenoxy) is 2. The smallest absolute Gasteiger partial charge is 0.185 e. The van der Waals surface area contributed by atoms with Crippen molar-refractivity contribution in [1.29, 1.82) is 0 Å². The summed E-state index contributed by atoms with van der Waals surface area (Å²) >= 11 is 1.86. The number of rotatable bonds is 43. The highest BCUT2D eigenvalue weighted by Crippen LogP contribution is 2.26. The van der Waals surface area contributed by atoms with Crippen LogP contribution in [-0.2, 0) is 0 Å². The van der Waals surface area contributed by atoms with E-state index in [1.807, 2.05) is 48.2 Å². The molecular weight excluding hydrogens is 741 g/mol. The standard InChI is InChI=1S/C55H92O3S/c1-4-7-10-12-14-16-18-20-22-24-26-28-30-32-34-36-44-57-52-47-50(38-43-55(56)51-39-41-54(42-40-51)59-46-9-6-3)48-53(49-52)58-45-37-35-33-31-29-27-25-23-21-19-17-15-13-11-8-5-2/h38-43,47-49H,4-37,44-46H2,1-3H3/b43-38+. The van der Waals surface area contributed by atoms with Gasteiger partial charge < -0.3 is 9.47 Å². The molecule has 0 aromatic heterocycles. The number of benzene rings is 2. The zero-order chi connectivity index (χ0) is 42.1. The van der Waals surface area contributed by atoms with Gasteiger partial charge in [-0.05, 0) is 73.1 Å². The third kappa shape index (κ3) is 31.3. The average Bonchev–Trinajstić information content (AvgIpc) is 3.25. The van der Waals surface area contributed by atoms with Crippen molar-refractivity contribution in [1.82, 2.24) is 0 Å². The maximum absolute atomic E-state index is 13.1. The molecule has 4 heteroatoms. The molecule has 0 fully saturated rings. The molecule has 0 unspecified atom stereocenters. The van der Waals surface area contributed by atoms with E-state index >= 15 is 0 Å². The summed E-state index contributed by atoms with van der Waals surface area (Å²) in [4.78, 5) is 14.3. The lowest BCUT2D eigenvalue weighted by Gasteiger charge is -2.12. The van der Waals surface area contributed by atoms with Gasteiger partial charge in [-0.1, -0.05) is 226 Å². The summed E-state index contributed by atoms with van der Waals surface area (Å²) < 4.78 is 12.6. The van der Waals surface area contributed by atoms with Crippen molar-refractivity contribution in [3.05, 3.63) is 59.7 Å². The van der Waals surface area contributed by atoms with Gasteiger partial charge in [0.2, 0.25) is 0 Å². The SMILES string of the molecule is CCCCCCCCCCCCCCCCCCOc1cc(/C=C/C(=O)c2ccc(SCCCC)cc2)cc(OCCCCCCCCCCCCCCCCCC)c1. The van der Waals surface area contributed by atoms with E-state index in [4.69, 9.17) is 9.47 Å². The summed E-state index contributed by atoms with van der Waals surface area (Å²) in [6.45, 7) is 8.24. The molecule has 0 atom stereocenters. The van der Waals surface area contributed by atoms with Crippen LogP contribution in [0.4, 0.5) is 0 Å². The maximum atomic E-state index is 13.1. The zero-order valence-electron chi connectivity index (χ0n) is 39.0. The fraction of sp³-hybridized carbons (Fsp3) is 0.727. The predicted molar refractivity (Wildman–Crippen MR) is 262 cm³/mol. The predicted octanol–water partition coefficient (Wildman–Crippen LogP) is 18.8. The number of thioether (sulfide) groups is 1. The lowest BCUT2D eigenvalue weighted by Crippen LogP contribution is -2.01. The van der Waals surface area contributed by atoms with Gasteiger partial charge in [-0.3, -0.25) is 4.79 Å². The van der Waals surface area contributed by atoms with Crippen molar-refractivity contribution >= 4 is 23.6 Å². The number of carbonyl (C=O) groups is 1. The normalized spacial score (nSPS) is 11.5. The molecule has 0 aliphatic rings. The van der Waals surface area contributed by atoms with Crippen molar-refractivity contribution in [2.24, 2.45) is 0 Å². The summed E-state index contributed by atoms with van der Waals surface area (Å²) in [5.41, 5.74) is 1.66. The van der Waals surface area contributed by atoms with Gasteiger partial charge in [0.1, 0.15) is 11.5 Å². The molecule has 0 radical (unpaired) electrons. The van der Waals surface area contributed by atoms with Crippen LogP contribution in [0.2, 0.25) is 0 Å². The topological polar surface area (TPSA) is 35.5 Å². The monoisotopic (exact) mass is 833 g/mol. The van der Waals surface area contributed by atoms with Crippen LogP contribution < -0.4 is 9.47 Å². The van der Waals surface area contributed by atoms with Gasteiger partial charge in [0.15, 0.2) is 5.78 Å². The van der Waals surface area contributed by atoms with Gasteiger partial charge in [0, 0.05) is 16.5 Å². The lowest BCUT2D eigenvalue weighted by atomic mass is 10.0. The van der Waals surface area contributed by atoms with Gasteiger partial charge in [0.25, 0.3) is 0 Å². The Labute approximate surface area is 370 Å². The highest BCUT2D eigenvalue weighted by Gasteiger charge is 2.06. The Balaban J connectivity index is 1.70. The molecule has 0 amide bonds. The summed E-state index contributed by atoms with van der Waals surface area (Å²) in [7, 11) is 0. The van der Waals surface area contributed by atoms with Crippen LogP contribution in [0.25, 0.3) is 6.08 Å². The first kappa shape index (κ1) is 52.9. The van der Waals surface area contributed by atoms with Crippen LogP contribution in [0.15, 0.2) is 53.4 Å². The molecule has 2 aromatic rings. The average molecular weight is 833 g/mol. The fourth-order valence-electron chi connectivity index (χ4n) is 7.85. The molecule has 0 saturated heterocycles. The zero-order valence-corrected chi connectivity index (χ0v) is 39.8. The van der Waals surface area contributed by atoms with Crippen LogP contribution >= 0.6 is 11.8 Å². The fourth-order valence-corrected chi connectivity index (χ4v) is 8.85. The minimum Gasteiger partial charge on any atom is -0.493 e. The van der Waals surface area contributed by atoms with E-state index in [1.54, 1.807) is 6.08 Å². The maximum Gasteiger partial charge on any atom is 0.185 e. The Bertz CT molecular complexity index is 1200. The number of carbonyl (C=O) groups excluding carboxylic acids is 1. The van der Waals surface area contributed by atoms with Crippen molar-refractivity contribution in [2.45, 2.75) is 244 Å². The lowest BCUT2D eigenvalue weighted by molar-refractivity contribution is 0.104. The van der Waals surface area contributed by atoms with Crippen LogP contribution in [0.1, 0.15) is 255 Å². The number of hydrogen-bond acceptors (Lipinski definition) is 4. The van der Waals surface area contributed by atoms with E-state index in [9.17, 15) is 4.79 Å². The molecule has 0 aliphatic carbocycles. The highest BCUT2D eigenvalue weighted by atomic mass is 32.2. The molecule has 59 heavy (non-hydrogen) atoms. The summed E-state index contributed by atoms with van der Waals surface area (Å²) in [6, 6.07) is 14.2. The molecule has 0 bridgehead atoms. The first-order valence-electron chi connectivity index (χ1n) is 25.5. The molecular formula is C55H92O3S. The Morgan fingerprint density at radius 3 is 1.14 bits per heavy atom. The van der Waals surface area contributed by atoms with E-state index in [0.717, 1.165) is 41.2 Å². The van der Waals surface area contributed by atoms with Crippen molar-refractivity contribution in [3.63, 3.8) is 0 Å². The molecule has 2 aromatic carbocycles. The molecule has 0 aliphatic heterocycles. The summed E-state index contributed by atoms with van der Waals surface area (Å²) in [5.74, 6) is 2.79. The molecule has 3 nitrogen and oxygen atoms in total. The van der Waals surface area contributed by atoms with Gasteiger partial charge in [-0.2, -0.15) is 0 Å². The third-order valence-electron chi connectivity index (χ3n) is 11.8. The van der Waals surface area contributed by atoms with Gasteiger partial charge in [0.05, 0.1) is 13.2 Å². The minimum absolute atomic E-state index is 0.0187. The Morgan fingerprint density at radius 1 is 0.441 bits per heavy atom. The molecule has 0 N–H and O–H groups in total. The summed E-state index contributed by atoms with van der Waals surface area (Å²) in [5, 5.41) is 0. The Morgan fingerprint density at radius 2 is 0.780 bits per heavy atom. The van der Waals surface area contributed by atoms with Crippen LogP contribution in [0, 0.1) is 0 Å². The van der Waals surface area contributed by atoms with Crippen LogP contribution in [0.3, 0.4) is 0 Å². The minimum atomic E-state index is 0.0187. The van der Waals surface area contributed by atoms with E-state index in [1.165, 1.54) is 210 Å². The Hall–Kier alpha value is -2.20. The van der Waals surface area contributed by atoms with E-state index in [0.29, 0.717) is 13.2 Å². The second-order valence-electron chi connectivity index (χ2n) is 17.5. The molecule has 0 saturated carbocycles. The first-order valence-corrected chi connectivity index (χ1v) is 26.5. The van der Waals surface area contributed by atoms with E-state index in [2.05, 4.69) is 32.9 Å². The van der Waals surface area contributed by atoms with Crippen LogP contribution in [0.5, 0.6) is 11.5 Å². The van der Waals surface area contributed by atoms with Crippen molar-refractivity contribution in [2.75, 3.05) is 19.0 Å². The summed E-state index contributed by atoms with van der Waals surface area (Å²) in [6.07, 6.45) is 49.7.